The largest absolute Gasteiger partial charge is 0.416 e. The first kappa shape index (κ1) is 36.5. The molecule has 0 bridgehead atoms. The molecule has 3 saturated heterocycles. The van der Waals surface area contributed by atoms with E-state index in [0.29, 0.717) is 13.2 Å². The van der Waals surface area contributed by atoms with Gasteiger partial charge in [0, 0.05) is 38.8 Å². The van der Waals surface area contributed by atoms with E-state index >= 15 is 0 Å². The van der Waals surface area contributed by atoms with Gasteiger partial charge in [0.2, 0.25) is 0 Å². The van der Waals surface area contributed by atoms with E-state index in [1.807, 2.05) is 0 Å². The van der Waals surface area contributed by atoms with Crippen molar-refractivity contribution in [2.75, 3.05) is 33.0 Å². The zero-order valence-electron chi connectivity index (χ0n) is 28.5. The Labute approximate surface area is 269 Å². The minimum absolute atomic E-state index is 0.0400. The molecule has 0 aromatic carbocycles. The zero-order chi connectivity index (χ0) is 31.4. The van der Waals surface area contributed by atoms with Crippen molar-refractivity contribution < 1.29 is 38.0 Å². The Balaban J connectivity index is 1.35. The fourth-order valence-electron chi connectivity index (χ4n) is 6.54. The van der Waals surface area contributed by atoms with Gasteiger partial charge in [0.25, 0.3) is 0 Å². The average molecular weight is 641 g/mol. The van der Waals surface area contributed by atoms with Crippen LogP contribution >= 0.6 is 0 Å². The molecule has 1 N–H and O–H groups in total. The van der Waals surface area contributed by atoms with Crippen LogP contribution in [0.25, 0.3) is 0 Å². The highest BCUT2D eigenvalue weighted by atomic mass is 28.4. The summed E-state index contributed by atoms with van der Waals surface area (Å²) in [6.07, 6.45) is 17.8. The van der Waals surface area contributed by atoms with E-state index < -0.39 is 14.4 Å². The second-order valence-corrected chi connectivity index (χ2v) is 19.8. The van der Waals surface area contributed by atoms with Crippen LogP contribution in [-0.2, 0) is 32.8 Å². The first-order valence-corrected chi connectivity index (χ1v) is 20.8. The highest BCUT2D eigenvalue weighted by molar-refractivity contribution is 6.74. The van der Waals surface area contributed by atoms with E-state index in [1.165, 1.54) is 0 Å². The van der Waals surface area contributed by atoms with E-state index in [1.54, 1.807) is 0 Å². The minimum atomic E-state index is -1.94. The van der Waals surface area contributed by atoms with Crippen molar-refractivity contribution in [2.45, 2.75) is 166 Å². The second-order valence-electron chi connectivity index (χ2n) is 15.0. The monoisotopic (exact) mass is 640 g/mol. The smallest absolute Gasteiger partial charge is 0.191 e. The lowest BCUT2D eigenvalue weighted by molar-refractivity contribution is -0.204. The molecule has 4 aliphatic rings. The molecule has 3 aliphatic heterocycles. The Morgan fingerprint density at radius 3 is 1.91 bits per heavy atom. The molecule has 0 aromatic heterocycles. The summed E-state index contributed by atoms with van der Waals surface area (Å²) < 4.78 is 43.8. The van der Waals surface area contributed by atoms with Gasteiger partial charge < -0.3 is 38.0 Å². The third kappa shape index (κ3) is 11.7. The Morgan fingerprint density at radius 1 is 0.795 bits per heavy atom. The van der Waals surface area contributed by atoms with Gasteiger partial charge in [-0.3, -0.25) is 0 Å². The van der Waals surface area contributed by atoms with E-state index in [0.717, 1.165) is 110 Å². The lowest BCUT2D eigenvalue weighted by Gasteiger charge is -2.39. The van der Waals surface area contributed by atoms with Crippen molar-refractivity contribution in [3.63, 3.8) is 0 Å². The molecule has 0 radical (unpaired) electrons. The van der Waals surface area contributed by atoms with Gasteiger partial charge in [-0.25, -0.2) is 0 Å². The summed E-state index contributed by atoms with van der Waals surface area (Å²) >= 11 is 0. The van der Waals surface area contributed by atoms with Crippen molar-refractivity contribution in [1.29, 1.82) is 0 Å². The maximum Gasteiger partial charge on any atom is 0.191 e. The normalized spacial score (nSPS) is 33.2. The second kappa shape index (κ2) is 18.3. The van der Waals surface area contributed by atoms with Gasteiger partial charge in [-0.05, 0) is 108 Å². The summed E-state index contributed by atoms with van der Waals surface area (Å²) in [7, 11) is -1.94. The van der Waals surface area contributed by atoms with Gasteiger partial charge in [-0.15, -0.1) is 0 Å². The summed E-state index contributed by atoms with van der Waals surface area (Å²) in [5.41, 5.74) is 0. The molecule has 0 spiro atoms. The van der Waals surface area contributed by atoms with Crippen LogP contribution < -0.4 is 0 Å². The van der Waals surface area contributed by atoms with Crippen LogP contribution in [0, 0.1) is 11.8 Å². The molecule has 8 nitrogen and oxygen atoms in total. The number of ether oxygens (including phenoxy) is 6. The lowest BCUT2D eigenvalue weighted by atomic mass is 9.90. The molecular weight excluding hydrogens is 576 g/mol. The highest BCUT2D eigenvalue weighted by Crippen LogP contribution is 2.43. The Bertz CT molecular complexity index is 814. The van der Waals surface area contributed by atoms with Gasteiger partial charge in [0.05, 0.1) is 24.9 Å². The first-order valence-electron chi connectivity index (χ1n) is 17.9. The third-order valence-electron chi connectivity index (χ3n) is 10.4. The van der Waals surface area contributed by atoms with E-state index in [2.05, 4.69) is 46.0 Å². The number of aliphatic hydroxyl groups is 1. The summed E-state index contributed by atoms with van der Waals surface area (Å²) in [6.45, 7) is 14.9. The van der Waals surface area contributed by atoms with Gasteiger partial charge in [-0.1, -0.05) is 32.9 Å². The molecule has 8 atom stereocenters. The standard InChI is InChI=1S/C35H64O8Si/c1-35(2,3)44(4,5)41-26-29-28(17-9-7-6-8-16-27(36)25-40-32-18-10-13-21-37-32)30(42-33-19-11-14-22-38-33)24-31(29)43-34-20-12-15-23-39-34/h7,9,27-34,36H,6,8,10-26H2,1-5H3/b9-7-/t27?,28-,29-,30-,31-,32?,33?,34?/m1/s1. The van der Waals surface area contributed by atoms with Crippen molar-refractivity contribution >= 4 is 8.32 Å². The number of hydrogen-bond acceptors (Lipinski definition) is 8. The van der Waals surface area contributed by atoms with Crippen molar-refractivity contribution in [1.82, 2.24) is 0 Å². The maximum absolute atomic E-state index is 10.4. The van der Waals surface area contributed by atoms with E-state index in [4.69, 9.17) is 32.8 Å². The van der Waals surface area contributed by atoms with Crippen molar-refractivity contribution in [3.8, 4) is 0 Å². The summed E-state index contributed by atoms with van der Waals surface area (Å²) in [5, 5.41) is 10.6. The van der Waals surface area contributed by atoms with Crippen LogP contribution in [0.5, 0.6) is 0 Å². The van der Waals surface area contributed by atoms with Crippen molar-refractivity contribution in [3.05, 3.63) is 12.2 Å². The van der Waals surface area contributed by atoms with Crippen LogP contribution in [0.15, 0.2) is 12.2 Å². The van der Waals surface area contributed by atoms with Crippen molar-refractivity contribution in [2.24, 2.45) is 11.8 Å². The molecule has 256 valence electrons. The van der Waals surface area contributed by atoms with Crippen LogP contribution in [-0.4, -0.2) is 83.6 Å². The Hall–Kier alpha value is -0.363. The summed E-state index contributed by atoms with van der Waals surface area (Å²) in [6, 6.07) is 0. The van der Waals surface area contributed by atoms with Crippen LogP contribution in [0.1, 0.15) is 111 Å². The molecule has 4 fully saturated rings. The molecule has 9 heteroatoms. The number of unbranched alkanes of at least 4 members (excludes halogenated alkanes) is 1. The van der Waals surface area contributed by atoms with E-state index in [9.17, 15) is 5.11 Å². The predicted octanol–water partition coefficient (Wildman–Crippen LogP) is 7.49. The minimum Gasteiger partial charge on any atom is -0.416 e. The maximum atomic E-state index is 10.4. The summed E-state index contributed by atoms with van der Waals surface area (Å²) in [5.74, 6) is 0.512. The summed E-state index contributed by atoms with van der Waals surface area (Å²) in [4.78, 5) is 0. The number of rotatable bonds is 16. The molecular formula is C35H64O8Si. The number of hydrogen-bond donors (Lipinski definition) is 1. The van der Waals surface area contributed by atoms with Crippen LogP contribution in [0.2, 0.25) is 18.1 Å². The molecule has 44 heavy (non-hydrogen) atoms. The average Bonchev–Trinajstić information content (AvgIpc) is 3.32. The van der Waals surface area contributed by atoms with Gasteiger partial charge in [0.15, 0.2) is 27.2 Å². The Kier molecular flexibility index (Phi) is 15.1. The SMILES string of the molecule is CC(C)(C)[Si](C)(C)OC[C@@H]1[C@@H](C/C=C\CCCC(O)COC2CCCCO2)[C@H](OC2CCCCO2)C[C@H]1OC1CCCCO1. The molecule has 0 aromatic rings. The number of aliphatic hydroxyl groups excluding tert-OH is 1. The first-order chi connectivity index (χ1) is 21.1. The molecule has 4 unspecified atom stereocenters. The molecule has 1 aliphatic carbocycles. The molecule has 1 saturated carbocycles. The van der Waals surface area contributed by atoms with Crippen LogP contribution in [0.4, 0.5) is 0 Å². The van der Waals surface area contributed by atoms with Crippen LogP contribution in [0.3, 0.4) is 0 Å². The highest BCUT2D eigenvalue weighted by Gasteiger charge is 2.48. The zero-order valence-corrected chi connectivity index (χ0v) is 29.5. The predicted molar refractivity (Wildman–Crippen MR) is 175 cm³/mol. The van der Waals surface area contributed by atoms with Gasteiger partial charge >= 0.3 is 0 Å². The Morgan fingerprint density at radius 2 is 1.36 bits per heavy atom. The fraction of sp³-hybridized carbons (Fsp3) is 0.943. The third-order valence-corrected chi connectivity index (χ3v) is 14.9. The topological polar surface area (TPSA) is 84.8 Å². The quantitative estimate of drug-likeness (QED) is 0.106. The van der Waals surface area contributed by atoms with Gasteiger partial charge in [0.1, 0.15) is 0 Å². The molecule has 4 rings (SSSR count). The van der Waals surface area contributed by atoms with E-state index in [-0.39, 0.29) is 48.0 Å². The molecule has 3 heterocycles. The molecule has 0 amide bonds. The van der Waals surface area contributed by atoms with Gasteiger partial charge in [-0.2, -0.15) is 0 Å². The lowest BCUT2D eigenvalue weighted by Crippen LogP contribution is -2.44. The number of allylic oxidation sites excluding steroid dienone is 2. The fourth-order valence-corrected chi connectivity index (χ4v) is 7.58.